The number of hydrogen-bond donors (Lipinski definition) is 0. The van der Waals surface area contributed by atoms with Gasteiger partial charge in [-0.25, -0.2) is 0 Å². The summed E-state index contributed by atoms with van der Waals surface area (Å²) in [7, 11) is 0. The van der Waals surface area contributed by atoms with E-state index in [4.69, 9.17) is 9.47 Å². The SMILES string of the molecule is CC1(C)OC[C@@H]2[C@H](CC[C@H]3C(C)(C)CCC[C@@]23C)O1. The quantitative estimate of drug-likeness (QED) is 0.648. The van der Waals surface area contributed by atoms with E-state index in [1.54, 1.807) is 0 Å². The summed E-state index contributed by atoms with van der Waals surface area (Å²) in [5.74, 6) is 1.05. The van der Waals surface area contributed by atoms with Crippen molar-refractivity contribution in [3.05, 3.63) is 0 Å². The average molecular weight is 266 g/mol. The van der Waals surface area contributed by atoms with Gasteiger partial charge in [0, 0.05) is 5.92 Å². The summed E-state index contributed by atoms with van der Waals surface area (Å²) in [6, 6.07) is 0. The van der Waals surface area contributed by atoms with Gasteiger partial charge in [0.05, 0.1) is 12.7 Å². The first-order chi connectivity index (χ1) is 8.75. The predicted molar refractivity (Wildman–Crippen MR) is 76.9 cm³/mol. The summed E-state index contributed by atoms with van der Waals surface area (Å²) in [6.45, 7) is 12.5. The second-order valence-electron chi connectivity index (χ2n) is 8.45. The van der Waals surface area contributed by atoms with Crippen molar-refractivity contribution >= 4 is 0 Å². The molecule has 19 heavy (non-hydrogen) atoms. The lowest BCUT2D eigenvalue weighted by molar-refractivity contribution is -0.325. The molecule has 4 atom stereocenters. The summed E-state index contributed by atoms with van der Waals surface area (Å²) < 4.78 is 12.2. The molecule has 1 aliphatic heterocycles. The normalized spacial score (nSPS) is 48.2. The monoisotopic (exact) mass is 266 g/mol. The highest BCUT2D eigenvalue weighted by Gasteiger charge is 2.57. The van der Waals surface area contributed by atoms with Crippen LogP contribution in [0.2, 0.25) is 0 Å². The Kier molecular flexibility index (Phi) is 3.07. The van der Waals surface area contributed by atoms with Gasteiger partial charge in [-0.15, -0.1) is 0 Å². The van der Waals surface area contributed by atoms with Gasteiger partial charge in [-0.1, -0.05) is 27.2 Å². The molecule has 3 rings (SSSR count). The van der Waals surface area contributed by atoms with Gasteiger partial charge in [-0.3, -0.25) is 0 Å². The summed E-state index contributed by atoms with van der Waals surface area (Å²) in [5.41, 5.74) is 0.909. The second kappa shape index (κ2) is 4.21. The lowest BCUT2D eigenvalue weighted by Gasteiger charge is -2.61. The maximum Gasteiger partial charge on any atom is 0.163 e. The predicted octanol–water partition coefficient (Wildman–Crippen LogP) is 4.38. The van der Waals surface area contributed by atoms with E-state index in [1.807, 2.05) is 0 Å². The maximum atomic E-state index is 6.24. The van der Waals surface area contributed by atoms with Crippen molar-refractivity contribution in [1.29, 1.82) is 0 Å². The molecule has 0 aromatic carbocycles. The van der Waals surface area contributed by atoms with Crippen LogP contribution < -0.4 is 0 Å². The van der Waals surface area contributed by atoms with Crippen LogP contribution in [0.5, 0.6) is 0 Å². The van der Waals surface area contributed by atoms with Crippen molar-refractivity contribution in [1.82, 2.24) is 0 Å². The van der Waals surface area contributed by atoms with E-state index >= 15 is 0 Å². The van der Waals surface area contributed by atoms with E-state index in [2.05, 4.69) is 34.6 Å². The molecule has 0 radical (unpaired) electrons. The van der Waals surface area contributed by atoms with Crippen LogP contribution in [0.1, 0.15) is 66.7 Å². The summed E-state index contributed by atoms with van der Waals surface area (Å²) >= 11 is 0. The zero-order chi connectivity index (χ0) is 13.9. The third kappa shape index (κ3) is 2.15. The number of fused-ring (bicyclic) bond motifs is 3. The molecular formula is C17H30O2. The Hall–Kier alpha value is -0.0800. The smallest absolute Gasteiger partial charge is 0.163 e. The van der Waals surface area contributed by atoms with Crippen LogP contribution >= 0.6 is 0 Å². The van der Waals surface area contributed by atoms with Gasteiger partial charge in [0.25, 0.3) is 0 Å². The highest BCUT2D eigenvalue weighted by molar-refractivity contribution is 5.05. The van der Waals surface area contributed by atoms with E-state index in [0.29, 0.717) is 22.9 Å². The Morgan fingerprint density at radius 2 is 1.68 bits per heavy atom. The minimum atomic E-state index is -0.380. The van der Waals surface area contributed by atoms with E-state index in [1.165, 1.54) is 32.1 Å². The largest absolute Gasteiger partial charge is 0.350 e. The molecule has 0 aromatic heterocycles. The minimum Gasteiger partial charge on any atom is -0.350 e. The van der Waals surface area contributed by atoms with Crippen LogP contribution in [0.3, 0.4) is 0 Å². The fourth-order valence-electron chi connectivity index (χ4n) is 5.41. The number of ether oxygens (including phenoxy) is 2. The highest BCUT2D eigenvalue weighted by atomic mass is 16.7. The fourth-order valence-corrected chi connectivity index (χ4v) is 5.41. The lowest BCUT2D eigenvalue weighted by Crippen LogP contribution is -2.59. The van der Waals surface area contributed by atoms with E-state index in [0.717, 1.165) is 12.5 Å². The molecule has 0 unspecified atom stereocenters. The van der Waals surface area contributed by atoms with Gasteiger partial charge >= 0.3 is 0 Å². The van der Waals surface area contributed by atoms with Crippen LogP contribution in [0.15, 0.2) is 0 Å². The summed E-state index contributed by atoms with van der Waals surface area (Å²) in [4.78, 5) is 0. The van der Waals surface area contributed by atoms with Gasteiger partial charge < -0.3 is 9.47 Å². The van der Waals surface area contributed by atoms with Crippen molar-refractivity contribution in [3.8, 4) is 0 Å². The summed E-state index contributed by atoms with van der Waals surface area (Å²) in [5, 5.41) is 0. The first kappa shape index (κ1) is 13.9. The highest BCUT2D eigenvalue weighted by Crippen LogP contribution is 2.61. The second-order valence-corrected chi connectivity index (χ2v) is 8.45. The Morgan fingerprint density at radius 3 is 2.42 bits per heavy atom. The van der Waals surface area contributed by atoms with Crippen LogP contribution in [0.25, 0.3) is 0 Å². The van der Waals surface area contributed by atoms with Crippen molar-refractivity contribution in [2.45, 2.75) is 78.6 Å². The number of hydrogen-bond acceptors (Lipinski definition) is 2. The Labute approximate surface area is 118 Å². The van der Waals surface area contributed by atoms with Gasteiger partial charge in [0.1, 0.15) is 0 Å². The molecular weight excluding hydrogens is 236 g/mol. The molecule has 3 aliphatic rings. The third-order valence-corrected chi connectivity index (χ3v) is 6.36. The van der Waals surface area contributed by atoms with E-state index < -0.39 is 0 Å². The van der Waals surface area contributed by atoms with Crippen LogP contribution in [-0.2, 0) is 9.47 Å². The molecule has 0 bridgehead atoms. The van der Waals surface area contributed by atoms with Crippen LogP contribution in [0.4, 0.5) is 0 Å². The fraction of sp³-hybridized carbons (Fsp3) is 1.00. The molecule has 1 heterocycles. The molecule has 2 saturated carbocycles. The van der Waals surface area contributed by atoms with E-state index in [-0.39, 0.29) is 5.79 Å². The Bertz CT molecular complexity index is 360. The molecule has 0 aromatic rings. The van der Waals surface area contributed by atoms with Crippen LogP contribution in [0, 0.1) is 22.7 Å². The van der Waals surface area contributed by atoms with Gasteiger partial charge in [0.2, 0.25) is 0 Å². The average Bonchev–Trinajstić information content (AvgIpc) is 2.25. The molecule has 2 nitrogen and oxygen atoms in total. The molecule has 1 saturated heterocycles. The molecule has 0 amide bonds. The Morgan fingerprint density at radius 1 is 0.947 bits per heavy atom. The molecule has 110 valence electrons. The zero-order valence-corrected chi connectivity index (χ0v) is 13.3. The zero-order valence-electron chi connectivity index (χ0n) is 13.3. The van der Waals surface area contributed by atoms with Crippen molar-refractivity contribution < 1.29 is 9.47 Å². The first-order valence-electron chi connectivity index (χ1n) is 8.06. The first-order valence-corrected chi connectivity index (χ1v) is 8.06. The molecule has 0 N–H and O–H groups in total. The van der Waals surface area contributed by atoms with Crippen molar-refractivity contribution in [2.75, 3.05) is 6.61 Å². The maximum absolute atomic E-state index is 6.24. The third-order valence-electron chi connectivity index (χ3n) is 6.36. The van der Waals surface area contributed by atoms with Crippen molar-refractivity contribution in [2.24, 2.45) is 22.7 Å². The molecule has 2 aliphatic carbocycles. The van der Waals surface area contributed by atoms with E-state index in [9.17, 15) is 0 Å². The van der Waals surface area contributed by atoms with Gasteiger partial charge in [-0.2, -0.15) is 0 Å². The van der Waals surface area contributed by atoms with Gasteiger partial charge in [-0.05, 0) is 56.3 Å². The number of rotatable bonds is 0. The standard InChI is InChI=1S/C17H30O2/c1-15(2)9-6-10-17(5)12-11-18-16(3,4)19-13(12)7-8-14(15)17/h12-14H,6-11H2,1-5H3/t12-,13+,14+,17+/m1/s1. The van der Waals surface area contributed by atoms with Crippen molar-refractivity contribution in [3.63, 3.8) is 0 Å². The molecule has 2 heteroatoms. The topological polar surface area (TPSA) is 18.5 Å². The minimum absolute atomic E-state index is 0.380. The summed E-state index contributed by atoms with van der Waals surface area (Å²) in [6.07, 6.45) is 7.08. The van der Waals surface area contributed by atoms with Gasteiger partial charge in [0.15, 0.2) is 5.79 Å². The lowest BCUT2D eigenvalue weighted by atomic mass is 9.48. The van der Waals surface area contributed by atoms with Crippen LogP contribution in [-0.4, -0.2) is 18.5 Å². The molecule has 0 spiro atoms. The molecule has 3 fully saturated rings. The Balaban J connectivity index is 1.87.